The predicted octanol–water partition coefficient (Wildman–Crippen LogP) is 3.00. The molecule has 0 bridgehead atoms. The maximum atomic E-state index is 12.0. The van der Waals surface area contributed by atoms with Crippen molar-refractivity contribution in [1.82, 2.24) is 0 Å². The second-order valence-corrected chi connectivity index (χ2v) is 2.53. The van der Waals surface area contributed by atoms with Gasteiger partial charge in [-0.3, -0.25) is 0 Å². The van der Waals surface area contributed by atoms with E-state index in [0.717, 1.165) is 12.5 Å². The predicted molar refractivity (Wildman–Crippen MR) is 34.7 cm³/mol. The van der Waals surface area contributed by atoms with Gasteiger partial charge in [-0.2, -0.15) is 0 Å². The molecule has 2 heteroatoms. The van der Waals surface area contributed by atoms with E-state index in [4.69, 9.17) is 0 Å². The van der Waals surface area contributed by atoms with Crippen LogP contribution in [-0.2, 0) is 0 Å². The Hall–Kier alpha value is -0.400. The number of hydrogen-bond acceptors (Lipinski definition) is 0. The van der Waals surface area contributed by atoms with Crippen molar-refractivity contribution in [3.05, 3.63) is 12.2 Å². The zero-order valence-corrected chi connectivity index (χ0v) is 5.88. The summed E-state index contributed by atoms with van der Waals surface area (Å²) in [7, 11) is 0. The summed E-state index contributed by atoms with van der Waals surface area (Å²) in [5.41, 5.74) is 0.816. The van der Waals surface area contributed by atoms with Crippen LogP contribution in [0.25, 0.3) is 0 Å². The third-order valence-electron chi connectivity index (χ3n) is 0.991. The fourth-order valence-electron chi connectivity index (χ4n) is 0.433. The third kappa shape index (κ3) is 7.60. The Morgan fingerprint density at radius 1 is 1.56 bits per heavy atom. The molecule has 0 nitrogen and oxygen atoms in total. The molecule has 9 heavy (non-hydrogen) atoms. The van der Waals surface area contributed by atoms with Gasteiger partial charge in [-0.1, -0.05) is 5.57 Å². The maximum Gasteiger partial charge on any atom is 0.245 e. The van der Waals surface area contributed by atoms with Gasteiger partial charge in [0.15, 0.2) is 0 Å². The topological polar surface area (TPSA) is 0 Å². The van der Waals surface area contributed by atoms with Gasteiger partial charge in [0.2, 0.25) is 5.92 Å². The van der Waals surface area contributed by atoms with Crippen LogP contribution in [-0.4, -0.2) is 5.92 Å². The Labute approximate surface area is 54.6 Å². The summed E-state index contributed by atoms with van der Waals surface area (Å²) in [5.74, 6) is -2.53. The van der Waals surface area contributed by atoms with Crippen molar-refractivity contribution in [3.8, 4) is 0 Å². The van der Waals surface area contributed by atoms with Crippen LogP contribution in [0.4, 0.5) is 8.78 Å². The number of allylic oxidation sites excluding steroid dienone is 1. The first-order chi connectivity index (χ1) is 3.92. The minimum Gasteiger partial charge on any atom is -0.207 e. The Kier molecular flexibility index (Phi) is 2.82. The highest BCUT2D eigenvalue weighted by molar-refractivity contribution is 4.88. The molecule has 0 rings (SSSR count). The molecule has 0 aliphatic carbocycles. The number of halogens is 2. The summed E-state index contributed by atoms with van der Waals surface area (Å²) in [5, 5.41) is 0. The van der Waals surface area contributed by atoms with Crippen LogP contribution in [0.15, 0.2) is 12.2 Å². The van der Waals surface area contributed by atoms with Crippen molar-refractivity contribution in [3.63, 3.8) is 0 Å². The first kappa shape index (κ1) is 8.60. The quantitative estimate of drug-likeness (QED) is 0.520. The zero-order valence-electron chi connectivity index (χ0n) is 5.88. The number of hydrogen-bond donors (Lipinski definition) is 0. The van der Waals surface area contributed by atoms with Crippen LogP contribution in [0.5, 0.6) is 0 Å². The number of rotatable bonds is 3. The van der Waals surface area contributed by atoms with Crippen LogP contribution in [0.3, 0.4) is 0 Å². The molecule has 0 saturated heterocycles. The van der Waals surface area contributed by atoms with Crippen molar-refractivity contribution in [1.29, 1.82) is 0 Å². The lowest BCUT2D eigenvalue weighted by Crippen LogP contribution is -2.08. The van der Waals surface area contributed by atoms with E-state index in [-0.39, 0.29) is 6.42 Å². The minimum atomic E-state index is -2.53. The average molecular weight is 134 g/mol. The fourth-order valence-corrected chi connectivity index (χ4v) is 0.433. The minimum absolute atomic E-state index is 0.0810. The van der Waals surface area contributed by atoms with Crippen molar-refractivity contribution in [2.24, 2.45) is 0 Å². The standard InChI is InChI=1S/C7H12F2/c1-6(2)4-5-7(3,8)9/h1,4-5H2,2-3H3. The van der Waals surface area contributed by atoms with Gasteiger partial charge < -0.3 is 0 Å². The van der Waals surface area contributed by atoms with Gasteiger partial charge in [-0.05, 0) is 20.3 Å². The Morgan fingerprint density at radius 3 is 2.11 bits per heavy atom. The van der Waals surface area contributed by atoms with Crippen molar-refractivity contribution in [2.75, 3.05) is 0 Å². The molecule has 54 valence electrons. The lowest BCUT2D eigenvalue weighted by Gasteiger charge is -2.08. The highest BCUT2D eigenvalue weighted by Crippen LogP contribution is 2.20. The van der Waals surface area contributed by atoms with Gasteiger partial charge in [0.1, 0.15) is 0 Å². The van der Waals surface area contributed by atoms with Crippen molar-refractivity contribution >= 4 is 0 Å². The molecule has 0 aromatic heterocycles. The van der Waals surface area contributed by atoms with E-state index in [1.54, 1.807) is 6.92 Å². The van der Waals surface area contributed by atoms with Crippen LogP contribution in [0, 0.1) is 0 Å². The van der Waals surface area contributed by atoms with Gasteiger partial charge in [0.05, 0.1) is 0 Å². The molecule has 0 amide bonds. The van der Waals surface area contributed by atoms with Gasteiger partial charge >= 0.3 is 0 Å². The molecular formula is C7H12F2. The van der Waals surface area contributed by atoms with E-state index in [0.29, 0.717) is 6.42 Å². The van der Waals surface area contributed by atoms with E-state index in [2.05, 4.69) is 6.58 Å². The SMILES string of the molecule is C=C(C)CCC(C)(F)F. The molecule has 0 atom stereocenters. The molecular weight excluding hydrogens is 122 g/mol. The summed E-state index contributed by atoms with van der Waals surface area (Å²) in [6.45, 7) is 6.21. The Bertz CT molecular complexity index is 100.0. The summed E-state index contributed by atoms with van der Waals surface area (Å²) >= 11 is 0. The van der Waals surface area contributed by atoms with Gasteiger partial charge in [0, 0.05) is 6.42 Å². The number of alkyl halides is 2. The highest BCUT2D eigenvalue weighted by Gasteiger charge is 2.19. The molecule has 0 aliphatic rings. The van der Waals surface area contributed by atoms with E-state index in [9.17, 15) is 8.78 Å². The fraction of sp³-hybridized carbons (Fsp3) is 0.714. The van der Waals surface area contributed by atoms with E-state index < -0.39 is 5.92 Å². The van der Waals surface area contributed by atoms with Crippen LogP contribution >= 0.6 is 0 Å². The summed E-state index contributed by atoms with van der Waals surface area (Å²) in [6, 6.07) is 0. The van der Waals surface area contributed by atoms with Gasteiger partial charge in [-0.25, -0.2) is 8.78 Å². The first-order valence-corrected chi connectivity index (χ1v) is 2.94. The van der Waals surface area contributed by atoms with E-state index in [1.165, 1.54) is 0 Å². The van der Waals surface area contributed by atoms with Crippen LogP contribution in [0.2, 0.25) is 0 Å². The van der Waals surface area contributed by atoms with Gasteiger partial charge in [0.25, 0.3) is 0 Å². The van der Waals surface area contributed by atoms with E-state index >= 15 is 0 Å². The molecule has 0 unspecified atom stereocenters. The molecule has 0 heterocycles. The summed E-state index contributed by atoms with van der Waals surface area (Å²) in [6.07, 6.45) is 0.339. The average Bonchev–Trinajstić information content (AvgIpc) is 1.59. The second kappa shape index (κ2) is 2.95. The molecule has 0 N–H and O–H groups in total. The lowest BCUT2D eigenvalue weighted by molar-refractivity contribution is 0.0133. The van der Waals surface area contributed by atoms with Gasteiger partial charge in [-0.15, -0.1) is 6.58 Å². The largest absolute Gasteiger partial charge is 0.245 e. The molecule has 0 spiro atoms. The molecule has 0 radical (unpaired) electrons. The molecule has 0 aliphatic heterocycles. The second-order valence-electron chi connectivity index (χ2n) is 2.53. The highest BCUT2D eigenvalue weighted by atomic mass is 19.3. The molecule has 0 fully saturated rings. The third-order valence-corrected chi connectivity index (χ3v) is 0.991. The Balaban J connectivity index is 3.39. The zero-order chi connectivity index (χ0) is 7.49. The first-order valence-electron chi connectivity index (χ1n) is 2.94. The molecule has 0 saturated carbocycles. The normalized spacial score (nSPS) is 11.6. The van der Waals surface area contributed by atoms with Crippen molar-refractivity contribution < 1.29 is 8.78 Å². The Morgan fingerprint density at radius 2 is 2.00 bits per heavy atom. The molecule has 0 aromatic carbocycles. The van der Waals surface area contributed by atoms with E-state index in [1.807, 2.05) is 0 Å². The molecule has 0 aromatic rings. The smallest absolute Gasteiger partial charge is 0.207 e. The van der Waals surface area contributed by atoms with Crippen LogP contribution in [0.1, 0.15) is 26.7 Å². The van der Waals surface area contributed by atoms with Crippen molar-refractivity contribution in [2.45, 2.75) is 32.6 Å². The van der Waals surface area contributed by atoms with Crippen LogP contribution < -0.4 is 0 Å². The lowest BCUT2D eigenvalue weighted by atomic mass is 10.1. The maximum absolute atomic E-state index is 12.0. The monoisotopic (exact) mass is 134 g/mol. The summed E-state index contributed by atoms with van der Waals surface area (Å²) < 4.78 is 24.1. The summed E-state index contributed by atoms with van der Waals surface area (Å²) in [4.78, 5) is 0.